The SMILES string of the molecule is CCON1CCN[C]1c1ccccc1. The highest BCUT2D eigenvalue weighted by Crippen LogP contribution is 2.19. The number of hydroxylamine groups is 2. The first-order valence-corrected chi connectivity index (χ1v) is 4.98. The minimum atomic E-state index is 0.706. The summed E-state index contributed by atoms with van der Waals surface area (Å²) in [6.45, 7) is 4.57. The molecule has 1 aromatic rings. The minimum absolute atomic E-state index is 0.706. The molecule has 0 atom stereocenters. The maximum atomic E-state index is 5.50. The van der Waals surface area contributed by atoms with Crippen LogP contribution in [-0.4, -0.2) is 24.8 Å². The van der Waals surface area contributed by atoms with E-state index in [1.165, 1.54) is 5.56 Å². The average molecular weight is 191 g/mol. The molecule has 1 aromatic carbocycles. The molecule has 1 N–H and O–H groups in total. The predicted molar refractivity (Wildman–Crippen MR) is 55.1 cm³/mol. The zero-order valence-electron chi connectivity index (χ0n) is 8.36. The Morgan fingerprint density at radius 1 is 1.36 bits per heavy atom. The van der Waals surface area contributed by atoms with Crippen LogP contribution in [-0.2, 0) is 4.84 Å². The van der Waals surface area contributed by atoms with E-state index in [9.17, 15) is 0 Å². The quantitative estimate of drug-likeness (QED) is 0.781. The van der Waals surface area contributed by atoms with E-state index < -0.39 is 0 Å². The maximum Gasteiger partial charge on any atom is 0.159 e. The van der Waals surface area contributed by atoms with Gasteiger partial charge in [0.25, 0.3) is 0 Å². The fourth-order valence-electron chi connectivity index (χ4n) is 1.60. The van der Waals surface area contributed by atoms with Gasteiger partial charge in [-0.05, 0) is 12.5 Å². The number of benzene rings is 1. The highest BCUT2D eigenvalue weighted by atomic mass is 16.7. The molecule has 0 bridgehead atoms. The first-order valence-electron chi connectivity index (χ1n) is 4.98. The van der Waals surface area contributed by atoms with Crippen LogP contribution in [0.3, 0.4) is 0 Å². The van der Waals surface area contributed by atoms with E-state index in [4.69, 9.17) is 4.84 Å². The molecule has 0 aromatic heterocycles. The van der Waals surface area contributed by atoms with Crippen LogP contribution in [0.1, 0.15) is 12.5 Å². The minimum Gasteiger partial charge on any atom is -0.297 e. The highest BCUT2D eigenvalue weighted by Gasteiger charge is 2.26. The van der Waals surface area contributed by atoms with Crippen LogP contribution in [0.15, 0.2) is 30.3 Å². The Morgan fingerprint density at radius 2 is 2.14 bits per heavy atom. The molecule has 2 rings (SSSR count). The van der Waals surface area contributed by atoms with Crippen molar-refractivity contribution in [1.29, 1.82) is 0 Å². The highest BCUT2D eigenvalue weighted by molar-refractivity contribution is 5.29. The second-order valence-corrected chi connectivity index (χ2v) is 3.16. The second kappa shape index (κ2) is 4.55. The predicted octanol–water partition coefficient (Wildman–Crippen LogP) is 1.38. The smallest absolute Gasteiger partial charge is 0.159 e. The number of nitrogens with one attached hydrogen (secondary N) is 1. The Labute approximate surface area is 84.6 Å². The van der Waals surface area contributed by atoms with Gasteiger partial charge in [-0.25, -0.2) is 0 Å². The van der Waals surface area contributed by atoms with Crippen molar-refractivity contribution in [2.75, 3.05) is 19.7 Å². The van der Waals surface area contributed by atoms with E-state index >= 15 is 0 Å². The molecule has 0 amide bonds. The molecule has 1 fully saturated rings. The number of hydrogen-bond acceptors (Lipinski definition) is 3. The van der Waals surface area contributed by atoms with Crippen LogP contribution < -0.4 is 5.32 Å². The molecule has 14 heavy (non-hydrogen) atoms. The van der Waals surface area contributed by atoms with Crippen molar-refractivity contribution in [3.63, 3.8) is 0 Å². The van der Waals surface area contributed by atoms with Gasteiger partial charge in [0, 0.05) is 13.1 Å². The lowest BCUT2D eigenvalue weighted by molar-refractivity contribution is -0.129. The number of nitrogens with zero attached hydrogens (tertiary/aromatic N) is 1. The fourth-order valence-corrected chi connectivity index (χ4v) is 1.60. The Bertz CT molecular complexity index is 276. The summed E-state index contributed by atoms with van der Waals surface area (Å²) in [6, 6.07) is 10.3. The molecular weight excluding hydrogens is 176 g/mol. The second-order valence-electron chi connectivity index (χ2n) is 3.16. The van der Waals surface area contributed by atoms with E-state index in [0.717, 1.165) is 19.3 Å². The molecule has 75 valence electrons. The molecule has 1 heterocycles. The van der Waals surface area contributed by atoms with Crippen LogP contribution >= 0.6 is 0 Å². The average Bonchev–Trinajstić information content (AvgIpc) is 2.68. The lowest BCUT2D eigenvalue weighted by atomic mass is 10.2. The molecule has 3 nitrogen and oxygen atoms in total. The van der Waals surface area contributed by atoms with E-state index in [0.29, 0.717) is 6.61 Å². The van der Waals surface area contributed by atoms with E-state index in [2.05, 4.69) is 17.4 Å². The Kier molecular flexibility index (Phi) is 3.14. The monoisotopic (exact) mass is 191 g/mol. The molecule has 0 saturated carbocycles. The Morgan fingerprint density at radius 3 is 2.86 bits per heavy atom. The summed E-state index contributed by atoms with van der Waals surface area (Å²) in [5.74, 6) is 0. The number of hydrogen-bond donors (Lipinski definition) is 1. The van der Waals surface area contributed by atoms with Gasteiger partial charge in [0.2, 0.25) is 0 Å². The van der Waals surface area contributed by atoms with Crippen molar-refractivity contribution in [2.24, 2.45) is 0 Å². The van der Waals surface area contributed by atoms with Crippen LogP contribution in [0.5, 0.6) is 0 Å². The molecule has 0 spiro atoms. The summed E-state index contributed by atoms with van der Waals surface area (Å²) in [5.41, 5.74) is 1.18. The summed E-state index contributed by atoms with van der Waals surface area (Å²) in [4.78, 5) is 5.50. The zero-order valence-corrected chi connectivity index (χ0v) is 8.36. The van der Waals surface area contributed by atoms with E-state index in [1.807, 2.05) is 30.2 Å². The molecule has 1 saturated heterocycles. The summed E-state index contributed by atoms with van der Waals surface area (Å²) < 4.78 is 0. The molecule has 1 radical (unpaired) electrons. The molecule has 0 unspecified atom stereocenters. The van der Waals surface area contributed by atoms with Gasteiger partial charge in [-0.2, -0.15) is 5.06 Å². The maximum absolute atomic E-state index is 5.50. The van der Waals surface area contributed by atoms with E-state index in [-0.39, 0.29) is 0 Å². The first-order chi connectivity index (χ1) is 6.92. The summed E-state index contributed by atoms with van der Waals surface area (Å²) in [7, 11) is 0. The third-order valence-corrected chi connectivity index (χ3v) is 2.19. The van der Waals surface area contributed by atoms with Gasteiger partial charge in [0.15, 0.2) is 6.17 Å². The van der Waals surface area contributed by atoms with Gasteiger partial charge >= 0.3 is 0 Å². The molecule has 0 aliphatic carbocycles. The van der Waals surface area contributed by atoms with Crippen molar-refractivity contribution >= 4 is 0 Å². The molecule has 1 aliphatic heterocycles. The largest absolute Gasteiger partial charge is 0.297 e. The standard InChI is InChI=1S/C11H15N2O/c1-2-14-13-9-8-12-11(13)10-6-4-3-5-7-10/h3-7,12H,2,8-9H2,1H3. The molecule has 1 aliphatic rings. The number of rotatable bonds is 3. The van der Waals surface area contributed by atoms with Gasteiger partial charge < -0.3 is 0 Å². The van der Waals surface area contributed by atoms with Crippen molar-refractivity contribution in [1.82, 2.24) is 10.4 Å². The van der Waals surface area contributed by atoms with Crippen LogP contribution in [0.25, 0.3) is 0 Å². The topological polar surface area (TPSA) is 24.5 Å². The van der Waals surface area contributed by atoms with Crippen LogP contribution in [0, 0.1) is 6.17 Å². The Balaban J connectivity index is 2.10. The molecule has 3 heteroatoms. The summed E-state index contributed by atoms with van der Waals surface area (Å²) in [6.07, 6.45) is 1.08. The van der Waals surface area contributed by atoms with Crippen molar-refractivity contribution in [3.05, 3.63) is 42.1 Å². The summed E-state index contributed by atoms with van der Waals surface area (Å²) in [5, 5.41) is 5.25. The van der Waals surface area contributed by atoms with Crippen molar-refractivity contribution in [3.8, 4) is 0 Å². The van der Waals surface area contributed by atoms with Crippen LogP contribution in [0.2, 0.25) is 0 Å². The molecular formula is C11H15N2O. The lowest BCUT2D eigenvalue weighted by Crippen LogP contribution is -2.28. The van der Waals surface area contributed by atoms with Gasteiger partial charge in [-0.3, -0.25) is 10.2 Å². The van der Waals surface area contributed by atoms with E-state index in [1.54, 1.807) is 0 Å². The van der Waals surface area contributed by atoms with Crippen LogP contribution in [0.4, 0.5) is 0 Å². The van der Waals surface area contributed by atoms with Gasteiger partial charge in [0.05, 0.1) is 6.61 Å². The third-order valence-electron chi connectivity index (χ3n) is 2.19. The first kappa shape index (κ1) is 9.65. The van der Waals surface area contributed by atoms with Gasteiger partial charge in [-0.1, -0.05) is 30.3 Å². The lowest BCUT2D eigenvalue weighted by Gasteiger charge is -2.21. The van der Waals surface area contributed by atoms with Gasteiger partial charge in [0.1, 0.15) is 0 Å². The van der Waals surface area contributed by atoms with Crippen molar-refractivity contribution in [2.45, 2.75) is 6.92 Å². The summed E-state index contributed by atoms with van der Waals surface area (Å²) >= 11 is 0. The Hall–Kier alpha value is -0.900. The van der Waals surface area contributed by atoms with Crippen molar-refractivity contribution < 1.29 is 4.84 Å². The third kappa shape index (κ3) is 1.95. The van der Waals surface area contributed by atoms with Gasteiger partial charge in [-0.15, -0.1) is 0 Å². The normalized spacial score (nSPS) is 18.9. The fraction of sp³-hybridized carbons (Fsp3) is 0.364. The zero-order chi connectivity index (χ0) is 9.80.